The summed E-state index contributed by atoms with van der Waals surface area (Å²) < 4.78 is 17.9. The predicted octanol–water partition coefficient (Wildman–Crippen LogP) is 2.73. The molecular formula is C26H24N2O6S. The van der Waals surface area contributed by atoms with Crippen LogP contribution in [0.3, 0.4) is 0 Å². The van der Waals surface area contributed by atoms with Gasteiger partial charge < -0.3 is 14.2 Å². The summed E-state index contributed by atoms with van der Waals surface area (Å²) in [6.07, 6.45) is 1.74. The molecule has 0 fully saturated rings. The van der Waals surface area contributed by atoms with E-state index in [2.05, 4.69) is 4.99 Å². The number of ether oxygens (including phenoxy) is 3. The van der Waals surface area contributed by atoms with Crippen molar-refractivity contribution in [1.82, 2.24) is 4.57 Å². The van der Waals surface area contributed by atoms with E-state index in [-0.39, 0.29) is 12.2 Å². The van der Waals surface area contributed by atoms with Crippen LogP contribution >= 0.6 is 11.3 Å². The van der Waals surface area contributed by atoms with Crippen molar-refractivity contribution in [3.05, 3.63) is 90.6 Å². The monoisotopic (exact) mass is 492 g/mol. The van der Waals surface area contributed by atoms with Crippen molar-refractivity contribution in [3.63, 3.8) is 0 Å². The summed E-state index contributed by atoms with van der Waals surface area (Å²) in [6, 6.07) is 13.3. The molecule has 0 saturated heterocycles. The first kappa shape index (κ1) is 24.2. The Labute approximate surface area is 205 Å². The number of allylic oxidation sites excluding steroid dienone is 1. The smallest absolute Gasteiger partial charge is 0.338 e. The Balaban J connectivity index is 1.89. The maximum atomic E-state index is 13.6. The molecule has 2 heterocycles. The van der Waals surface area contributed by atoms with Crippen molar-refractivity contribution in [1.29, 1.82) is 0 Å². The summed E-state index contributed by atoms with van der Waals surface area (Å²) in [5.74, 6) is 0.0294. The maximum absolute atomic E-state index is 13.6. The third-order valence-corrected chi connectivity index (χ3v) is 6.37. The Kier molecular flexibility index (Phi) is 6.97. The van der Waals surface area contributed by atoms with Gasteiger partial charge in [0.25, 0.3) is 5.56 Å². The van der Waals surface area contributed by atoms with E-state index in [4.69, 9.17) is 14.2 Å². The average molecular weight is 493 g/mol. The van der Waals surface area contributed by atoms with Gasteiger partial charge in [-0.05, 0) is 43.7 Å². The molecule has 1 unspecified atom stereocenters. The number of hydrogen-bond acceptors (Lipinski definition) is 8. The number of thiazole rings is 1. The highest BCUT2D eigenvalue weighted by molar-refractivity contribution is 7.07. The van der Waals surface area contributed by atoms with Gasteiger partial charge in [0.15, 0.2) is 4.80 Å². The van der Waals surface area contributed by atoms with E-state index in [0.29, 0.717) is 37.7 Å². The summed E-state index contributed by atoms with van der Waals surface area (Å²) in [4.78, 5) is 42.8. The van der Waals surface area contributed by atoms with Crippen molar-refractivity contribution in [3.8, 4) is 11.5 Å². The number of methoxy groups -OCH3 is 1. The van der Waals surface area contributed by atoms with Crippen LogP contribution < -0.4 is 24.4 Å². The number of fused-ring (bicyclic) bond motifs is 1. The molecule has 1 aliphatic rings. The number of nitrogens with zero attached hydrogens (tertiary/aromatic N) is 2. The van der Waals surface area contributed by atoms with Crippen molar-refractivity contribution < 1.29 is 23.8 Å². The Bertz CT molecular complexity index is 1500. The quantitative estimate of drug-likeness (QED) is 0.388. The van der Waals surface area contributed by atoms with Crippen LogP contribution in [0, 0.1) is 0 Å². The number of aromatic nitrogens is 1. The molecule has 8 nitrogen and oxygen atoms in total. The van der Waals surface area contributed by atoms with Crippen LogP contribution in [-0.2, 0) is 14.3 Å². The van der Waals surface area contributed by atoms with E-state index in [1.165, 1.54) is 22.8 Å². The average Bonchev–Trinajstić information content (AvgIpc) is 3.13. The number of hydrogen-bond donors (Lipinski definition) is 0. The van der Waals surface area contributed by atoms with E-state index in [9.17, 15) is 14.4 Å². The van der Waals surface area contributed by atoms with E-state index in [1.54, 1.807) is 57.4 Å². The van der Waals surface area contributed by atoms with Crippen LogP contribution in [0.15, 0.2) is 69.6 Å². The Hall–Kier alpha value is -3.98. The number of esters is 2. The first-order valence-electron chi connectivity index (χ1n) is 10.9. The normalized spacial score (nSPS) is 15.3. The highest BCUT2D eigenvalue weighted by Crippen LogP contribution is 2.35. The number of carbonyl (C=O) groups excluding carboxylic acids is 2. The molecule has 0 radical (unpaired) electrons. The predicted molar refractivity (Wildman–Crippen MR) is 131 cm³/mol. The highest BCUT2D eigenvalue weighted by atomic mass is 32.1. The molecule has 1 aromatic heterocycles. The second kappa shape index (κ2) is 10.1. The summed E-state index contributed by atoms with van der Waals surface area (Å²) in [5.41, 5.74) is 1.90. The van der Waals surface area contributed by atoms with Crippen LogP contribution in [0.25, 0.3) is 6.08 Å². The summed E-state index contributed by atoms with van der Waals surface area (Å²) in [7, 11) is 1.54. The van der Waals surface area contributed by atoms with Crippen LogP contribution in [0.5, 0.6) is 11.5 Å². The van der Waals surface area contributed by atoms with E-state index >= 15 is 0 Å². The first-order chi connectivity index (χ1) is 16.8. The highest BCUT2D eigenvalue weighted by Gasteiger charge is 2.34. The third-order valence-electron chi connectivity index (χ3n) is 5.39. The van der Waals surface area contributed by atoms with E-state index < -0.39 is 18.0 Å². The molecule has 1 aliphatic heterocycles. The van der Waals surface area contributed by atoms with Gasteiger partial charge in [-0.25, -0.2) is 9.79 Å². The molecule has 9 heteroatoms. The van der Waals surface area contributed by atoms with E-state index in [0.717, 1.165) is 5.56 Å². The molecule has 0 bridgehead atoms. The molecule has 0 aliphatic carbocycles. The lowest BCUT2D eigenvalue weighted by Gasteiger charge is -2.25. The van der Waals surface area contributed by atoms with Crippen molar-refractivity contribution in [2.24, 2.45) is 4.99 Å². The lowest BCUT2D eigenvalue weighted by atomic mass is 9.95. The van der Waals surface area contributed by atoms with Crippen molar-refractivity contribution in [2.75, 3.05) is 13.7 Å². The molecule has 0 saturated carbocycles. The summed E-state index contributed by atoms with van der Waals surface area (Å²) in [5, 5.41) is 0. The van der Waals surface area contributed by atoms with Crippen molar-refractivity contribution in [2.45, 2.75) is 26.8 Å². The van der Waals surface area contributed by atoms with Gasteiger partial charge in [0.05, 0.1) is 29.5 Å². The van der Waals surface area contributed by atoms with Crippen LogP contribution in [0.1, 0.15) is 37.9 Å². The lowest BCUT2D eigenvalue weighted by Crippen LogP contribution is -2.40. The Morgan fingerprint density at radius 2 is 1.86 bits per heavy atom. The van der Waals surface area contributed by atoms with Crippen LogP contribution in [-0.4, -0.2) is 30.2 Å². The fourth-order valence-electron chi connectivity index (χ4n) is 3.93. The van der Waals surface area contributed by atoms with Gasteiger partial charge in [-0.3, -0.25) is 14.2 Å². The molecule has 0 amide bonds. The summed E-state index contributed by atoms with van der Waals surface area (Å²) in [6.45, 7) is 4.99. The number of benzene rings is 2. The Morgan fingerprint density at radius 3 is 2.51 bits per heavy atom. The van der Waals surface area contributed by atoms with Crippen LogP contribution in [0.2, 0.25) is 0 Å². The molecule has 1 atom stereocenters. The fourth-order valence-corrected chi connectivity index (χ4v) is 4.97. The van der Waals surface area contributed by atoms with Gasteiger partial charge in [-0.2, -0.15) is 0 Å². The molecule has 180 valence electrons. The zero-order chi connectivity index (χ0) is 25.1. The Morgan fingerprint density at radius 1 is 1.14 bits per heavy atom. The molecule has 0 spiro atoms. The zero-order valence-electron chi connectivity index (χ0n) is 19.7. The van der Waals surface area contributed by atoms with Gasteiger partial charge in [-0.15, -0.1) is 0 Å². The van der Waals surface area contributed by atoms with Gasteiger partial charge in [0, 0.05) is 12.5 Å². The molecule has 2 aromatic carbocycles. The number of para-hydroxylation sites is 1. The molecule has 0 N–H and O–H groups in total. The number of rotatable bonds is 6. The minimum Gasteiger partial charge on any atom is -0.496 e. The molecule has 35 heavy (non-hydrogen) atoms. The second-order valence-corrected chi connectivity index (χ2v) is 8.72. The minimum absolute atomic E-state index is 0.196. The third kappa shape index (κ3) is 4.81. The van der Waals surface area contributed by atoms with Gasteiger partial charge in [-0.1, -0.05) is 41.7 Å². The van der Waals surface area contributed by atoms with Gasteiger partial charge in [0.2, 0.25) is 0 Å². The van der Waals surface area contributed by atoms with Gasteiger partial charge in [0.1, 0.15) is 17.5 Å². The maximum Gasteiger partial charge on any atom is 0.338 e. The first-order valence-corrected chi connectivity index (χ1v) is 11.8. The van der Waals surface area contributed by atoms with Crippen LogP contribution in [0.4, 0.5) is 0 Å². The molecule has 4 rings (SSSR count). The van der Waals surface area contributed by atoms with Crippen molar-refractivity contribution >= 4 is 29.4 Å². The minimum atomic E-state index is -0.755. The largest absolute Gasteiger partial charge is 0.496 e. The SMILES string of the molecule is CCOC(=O)C1=C(C)N=c2s/c(=C\c3ccc(OC(C)=O)cc3)c(=O)n2C1c1ccccc1OC. The topological polar surface area (TPSA) is 96.2 Å². The lowest BCUT2D eigenvalue weighted by molar-refractivity contribution is -0.139. The van der Waals surface area contributed by atoms with E-state index in [1.807, 2.05) is 18.2 Å². The fraction of sp³-hybridized carbons (Fsp3) is 0.231. The zero-order valence-corrected chi connectivity index (χ0v) is 20.5. The van der Waals surface area contributed by atoms with Gasteiger partial charge >= 0.3 is 11.9 Å². The second-order valence-electron chi connectivity index (χ2n) is 7.71. The standard InChI is InChI=1S/C26H24N2O6S/c1-5-33-25(31)22-15(2)27-26-28(23(22)19-8-6-7-9-20(19)32-4)24(30)21(35-26)14-17-10-12-18(13-11-17)34-16(3)29/h6-14,23H,5H2,1-4H3/b21-14-. The number of carbonyl (C=O) groups is 2. The molecule has 3 aromatic rings. The molecular weight excluding hydrogens is 468 g/mol. The summed E-state index contributed by atoms with van der Waals surface area (Å²) >= 11 is 1.23.